The normalized spacial score (nSPS) is 19.4. The number of hydrogen-bond acceptors (Lipinski definition) is 5. The molecule has 4 heterocycles. The van der Waals surface area contributed by atoms with Gasteiger partial charge in [-0.2, -0.15) is 0 Å². The van der Waals surface area contributed by atoms with Crippen LogP contribution < -0.4 is 10.6 Å². The highest BCUT2D eigenvalue weighted by Gasteiger charge is 2.47. The Morgan fingerprint density at radius 2 is 1.91 bits per heavy atom. The fourth-order valence-corrected chi connectivity index (χ4v) is 5.91. The molecule has 1 saturated heterocycles. The van der Waals surface area contributed by atoms with Gasteiger partial charge in [-0.05, 0) is 54.9 Å². The SMILES string of the molecule is Cc1cnc2c(c1)CC1(CCN(c3nccn4c(-c5cccc(Cl)c5Cl)ncc34)CC1)C2N. The van der Waals surface area contributed by atoms with Crippen molar-refractivity contribution in [2.24, 2.45) is 11.1 Å². The summed E-state index contributed by atoms with van der Waals surface area (Å²) in [5.41, 5.74) is 12.2. The first-order chi connectivity index (χ1) is 16.0. The first kappa shape index (κ1) is 20.9. The Morgan fingerprint density at radius 3 is 2.73 bits per heavy atom. The van der Waals surface area contributed by atoms with Gasteiger partial charge in [0.2, 0.25) is 0 Å². The number of hydrogen-bond donors (Lipinski definition) is 1. The third kappa shape index (κ3) is 3.23. The Hall–Kier alpha value is -2.67. The number of pyridine rings is 1. The molecular formula is C25H24Cl2N6. The van der Waals surface area contributed by atoms with Gasteiger partial charge in [-0.1, -0.05) is 35.3 Å². The van der Waals surface area contributed by atoms with E-state index >= 15 is 0 Å². The molecule has 33 heavy (non-hydrogen) atoms. The molecule has 2 aliphatic rings. The molecule has 168 valence electrons. The summed E-state index contributed by atoms with van der Waals surface area (Å²) in [5.74, 6) is 1.69. The Kier molecular flexibility index (Phi) is 4.87. The Bertz CT molecular complexity index is 1370. The maximum absolute atomic E-state index is 6.74. The van der Waals surface area contributed by atoms with E-state index in [9.17, 15) is 0 Å². The van der Waals surface area contributed by atoms with Crippen LogP contribution in [0.25, 0.3) is 16.9 Å². The van der Waals surface area contributed by atoms with E-state index in [0.29, 0.717) is 10.0 Å². The lowest BCUT2D eigenvalue weighted by Crippen LogP contribution is -2.44. The number of imidazole rings is 1. The maximum atomic E-state index is 6.74. The highest BCUT2D eigenvalue weighted by atomic mass is 35.5. The van der Waals surface area contributed by atoms with Gasteiger partial charge in [-0.15, -0.1) is 0 Å². The van der Waals surface area contributed by atoms with Crippen LogP contribution in [0.2, 0.25) is 10.0 Å². The minimum atomic E-state index is -0.00876. The number of nitrogens with two attached hydrogens (primary N) is 1. The van der Waals surface area contributed by atoms with Gasteiger partial charge < -0.3 is 10.6 Å². The molecule has 0 saturated carbocycles. The zero-order chi connectivity index (χ0) is 22.7. The predicted molar refractivity (Wildman–Crippen MR) is 132 cm³/mol. The number of piperidine rings is 1. The number of anilines is 1. The first-order valence-corrected chi connectivity index (χ1v) is 11.9. The highest BCUT2D eigenvalue weighted by molar-refractivity contribution is 6.43. The topological polar surface area (TPSA) is 72.3 Å². The summed E-state index contributed by atoms with van der Waals surface area (Å²) in [6, 6.07) is 7.84. The monoisotopic (exact) mass is 478 g/mol. The summed E-state index contributed by atoms with van der Waals surface area (Å²) in [5, 5.41) is 1.02. The van der Waals surface area contributed by atoms with Crippen LogP contribution in [0.4, 0.5) is 5.82 Å². The highest BCUT2D eigenvalue weighted by Crippen LogP contribution is 2.50. The van der Waals surface area contributed by atoms with Crippen molar-refractivity contribution in [1.29, 1.82) is 0 Å². The molecular weight excluding hydrogens is 455 g/mol. The summed E-state index contributed by atoms with van der Waals surface area (Å²) in [4.78, 5) is 16.4. The molecule has 1 aliphatic carbocycles. The summed E-state index contributed by atoms with van der Waals surface area (Å²) in [7, 11) is 0. The lowest BCUT2D eigenvalue weighted by Gasteiger charge is -2.42. The van der Waals surface area contributed by atoms with Crippen LogP contribution in [0.15, 0.2) is 49.1 Å². The second kappa shape index (κ2) is 7.69. The third-order valence-electron chi connectivity index (χ3n) is 7.32. The van der Waals surface area contributed by atoms with Crippen molar-refractivity contribution in [3.8, 4) is 11.4 Å². The molecule has 0 radical (unpaired) electrons. The van der Waals surface area contributed by atoms with E-state index in [0.717, 1.165) is 60.8 Å². The summed E-state index contributed by atoms with van der Waals surface area (Å²) < 4.78 is 2.04. The van der Waals surface area contributed by atoms with Crippen LogP contribution in [-0.4, -0.2) is 32.4 Å². The number of halogens is 2. The number of aromatic nitrogens is 4. The third-order valence-corrected chi connectivity index (χ3v) is 8.14. The van der Waals surface area contributed by atoms with E-state index in [2.05, 4.69) is 27.9 Å². The molecule has 0 amide bonds. The standard InChI is InChI=1S/C25H24Cl2N6/c1-15-11-16-12-25(22(28)21(16)30-13-15)5-8-32(9-6-25)24-19-14-31-23(33(19)10-7-29-24)17-3-2-4-18(26)20(17)27/h2-4,7,10-11,13-14,22H,5-6,8-9,12,28H2,1H3. The molecule has 1 aliphatic heterocycles. The molecule has 1 spiro atoms. The zero-order valence-electron chi connectivity index (χ0n) is 18.3. The maximum Gasteiger partial charge on any atom is 0.154 e. The van der Waals surface area contributed by atoms with Crippen LogP contribution in [-0.2, 0) is 6.42 Å². The number of rotatable bonds is 2. The van der Waals surface area contributed by atoms with E-state index in [1.807, 2.05) is 41.3 Å². The van der Waals surface area contributed by atoms with Crippen molar-refractivity contribution in [2.45, 2.75) is 32.2 Å². The molecule has 6 rings (SSSR count). The molecule has 1 fully saturated rings. The van der Waals surface area contributed by atoms with Crippen LogP contribution in [0.1, 0.15) is 35.7 Å². The van der Waals surface area contributed by atoms with Gasteiger partial charge in [0.05, 0.1) is 28.0 Å². The molecule has 4 aromatic rings. The molecule has 1 aromatic carbocycles. The average Bonchev–Trinajstić information content (AvgIpc) is 3.35. The summed E-state index contributed by atoms with van der Waals surface area (Å²) >= 11 is 12.7. The van der Waals surface area contributed by atoms with Crippen molar-refractivity contribution in [1.82, 2.24) is 19.4 Å². The molecule has 6 nitrogen and oxygen atoms in total. The van der Waals surface area contributed by atoms with E-state index in [-0.39, 0.29) is 11.5 Å². The molecule has 3 aromatic heterocycles. The second-order valence-corrected chi connectivity index (χ2v) is 10.0. The van der Waals surface area contributed by atoms with Crippen molar-refractivity contribution in [3.05, 3.63) is 75.9 Å². The average molecular weight is 479 g/mol. The number of fused-ring (bicyclic) bond motifs is 2. The van der Waals surface area contributed by atoms with Crippen molar-refractivity contribution < 1.29 is 0 Å². The van der Waals surface area contributed by atoms with Crippen molar-refractivity contribution in [3.63, 3.8) is 0 Å². The van der Waals surface area contributed by atoms with Gasteiger partial charge in [-0.25, -0.2) is 9.97 Å². The van der Waals surface area contributed by atoms with Gasteiger partial charge in [0.1, 0.15) is 11.3 Å². The quantitative estimate of drug-likeness (QED) is 0.425. The van der Waals surface area contributed by atoms with Crippen molar-refractivity contribution >= 4 is 34.5 Å². The second-order valence-electron chi connectivity index (χ2n) is 9.25. The minimum Gasteiger partial charge on any atom is -0.355 e. The molecule has 1 unspecified atom stereocenters. The number of nitrogens with zero attached hydrogens (tertiary/aromatic N) is 5. The Balaban J connectivity index is 1.30. The lowest BCUT2D eigenvalue weighted by molar-refractivity contribution is 0.186. The Morgan fingerprint density at radius 1 is 1.09 bits per heavy atom. The van der Waals surface area contributed by atoms with Crippen LogP contribution in [0.3, 0.4) is 0 Å². The first-order valence-electron chi connectivity index (χ1n) is 11.2. The van der Waals surface area contributed by atoms with E-state index in [4.69, 9.17) is 33.9 Å². The van der Waals surface area contributed by atoms with Crippen LogP contribution in [0, 0.1) is 12.3 Å². The summed E-state index contributed by atoms with van der Waals surface area (Å²) in [6.45, 7) is 3.88. The Labute approximate surface area is 202 Å². The van der Waals surface area contributed by atoms with Crippen molar-refractivity contribution in [2.75, 3.05) is 18.0 Å². The van der Waals surface area contributed by atoms with Crippen LogP contribution in [0.5, 0.6) is 0 Å². The number of aryl methyl sites for hydroxylation is 1. The minimum absolute atomic E-state index is 0.00876. The van der Waals surface area contributed by atoms with Gasteiger partial charge in [0.25, 0.3) is 0 Å². The van der Waals surface area contributed by atoms with Gasteiger partial charge in [-0.3, -0.25) is 9.38 Å². The molecule has 1 atom stereocenters. The molecule has 2 N–H and O–H groups in total. The lowest BCUT2D eigenvalue weighted by atomic mass is 9.73. The van der Waals surface area contributed by atoms with E-state index < -0.39 is 0 Å². The van der Waals surface area contributed by atoms with Gasteiger partial charge in [0, 0.05) is 37.2 Å². The van der Waals surface area contributed by atoms with Gasteiger partial charge in [0.15, 0.2) is 5.82 Å². The fraction of sp³-hybridized carbons (Fsp3) is 0.320. The van der Waals surface area contributed by atoms with Crippen LogP contribution >= 0.6 is 23.2 Å². The van der Waals surface area contributed by atoms with Gasteiger partial charge >= 0.3 is 0 Å². The smallest absolute Gasteiger partial charge is 0.154 e. The fourth-order valence-electron chi connectivity index (χ4n) is 5.53. The molecule has 0 bridgehead atoms. The summed E-state index contributed by atoms with van der Waals surface area (Å²) in [6.07, 6.45) is 10.6. The predicted octanol–water partition coefficient (Wildman–Crippen LogP) is 5.25. The largest absolute Gasteiger partial charge is 0.355 e. The van der Waals surface area contributed by atoms with E-state index in [1.165, 1.54) is 11.1 Å². The molecule has 8 heteroatoms. The zero-order valence-corrected chi connectivity index (χ0v) is 19.8. The number of benzene rings is 1. The van der Waals surface area contributed by atoms with E-state index in [1.54, 1.807) is 6.07 Å².